The molecule has 5 nitrogen and oxygen atoms in total. The van der Waals surface area contributed by atoms with Gasteiger partial charge in [-0.15, -0.1) is 0 Å². The summed E-state index contributed by atoms with van der Waals surface area (Å²) in [5, 5.41) is 0. The van der Waals surface area contributed by atoms with Crippen LogP contribution in [-0.2, 0) is 14.3 Å². The first-order chi connectivity index (χ1) is 11.8. The van der Waals surface area contributed by atoms with Gasteiger partial charge in [-0.2, -0.15) is 0 Å². The molecule has 1 aromatic carbocycles. The maximum absolute atomic E-state index is 13.2. The van der Waals surface area contributed by atoms with E-state index >= 15 is 0 Å². The molecular formula is C20H29NO4Te. The van der Waals surface area contributed by atoms with Gasteiger partial charge in [-0.25, -0.2) is 0 Å². The van der Waals surface area contributed by atoms with Crippen molar-refractivity contribution in [3.05, 3.63) is 30.3 Å². The summed E-state index contributed by atoms with van der Waals surface area (Å²) in [6.07, 6.45) is -0.999. The fraction of sp³-hybridized carbons (Fsp3) is 0.600. The van der Waals surface area contributed by atoms with Crippen molar-refractivity contribution in [2.24, 2.45) is 5.41 Å². The van der Waals surface area contributed by atoms with E-state index in [-0.39, 0.29) is 15.9 Å². The molecule has 1 fully saturated rings. The first kappa shape index (κ1) is 21.2. The minimum absolute atomic E-state index is 0.0757. The second kappa shape index (κ2) is 7.50. The van der Waals surface area contributed by atoms with Crippen molar-refractivity contribution >= 4 is 34.5 Å². The molecule has 0 aromatic heterocycles. The van der Waals surface area contributed by atoms with Crippen LogP contribution >= 0.6 is 0 Å². The van der Waals surface area contributed by atoms with E-state index in [2.05, 4.69) is 0 Å². The monoisotopic (exact) mass is 477 g/mol. The van der Waals surface area contributed by atoms with E-state index < -0.39 is 44.4 Å². The summed E-state index contributed by atoms with van der Waals surface area (Å²) in [7, 11) is 0. The Morgan fingerprint density at radius 2 is 1.73 bits per heavy atom. The fourth-order valence-corrected chi connectivity index (χ4v) is 5.28. The van der Waals surface area contributed by atoms with Gasteiger partial charge in [0, 0.05) is 0 Å². The van der Waals surface area contributed by atoms with Crippen LogP contribution in [0.4, 0.5) is 4.79 Å². The zero-order chi connectivity index (χ0) is 19.8. The second-order valence-corrected chi connectivity index (χ2v) is 11.8. The topological polar surface area (TPSA) is 55.8 Å². The van der Waals surface area contributed by atoms with Crippen LogP contribution in [-0.4, -0.2) is 59.7 Å². The first-order valence-corrected chi connectivity index (χ1v) is 11.1. The molecule has 2 rings (SSSR count). The van der Waals surface area contributed by atoms with E-state index in [1.807, 2.05) is 71.9 Å². The van der Waals surface area contributed by atoms with Crippen LogP contribution in [0.2, 0.25) is 0 Å². The number of carbonyl (C=O) groups excluding carboxylic acids is 2. The molecule has 2 atom stereocenters. The molecule has 0 aliphatic carbocycles. The van der Waals surface area contributed by atoms with E-state index in [9.17, 15) is 9.59 Å². The van der Waals surface area contributed by atoms with Crippen molar-refractivity contribution in [3.63, 3.8) is 0 Å². The van der Waals surface area contributed by atoms with Crippen LogP contribution in [0.25, 0.3) is 0 Å². The van der Waals surface area contributed by atoms with E-state index in [4.69, 9.17) is 9.47 Å². The summed E-state index contributed by atoms with van der Waals surface area (Å²) in [4.78, 5) is 27.7. The van der Waals surface area contributed by atoms with Crippen molar-refractivity contribution in [3.8, 4) is 0 Å². The molecule has 1 saturated heterocycles. The van der Waals surface area contributed by atoms with Crippen molar-refractivity contribution in [1.82, 2.24) is 4.90 Å². The van der Waals surface area contributed by atoms with Gasteiger partial charge in [-0.3, -0.25) is 0 Å². The summed E-state index contributed by atoms with van der Waals surface area (Å²) in [6.45, 7) is 13.5. The van der Waals surface area contributed by atoms with Gasteiger partial charge in [0.1, 0.15) is 0 Å². The van der Waals surface area contributed by atoms with Crippen LogP contribution < -0.4 is 3.61 Å². The minimum atomic E-state index is -1.12. The van der Waals surface area contributed by atoms with Gasteiger partial charge in [-0.1, -0.05) is 0 Å². The maximum atomic E-state index is 13.2. The summed E-state index contributed by atoms with van der Waals surface area (Å²) in [5.74, 6) is 0. The Morgan fingerprint density at radius 1 is 1.15 bits per heavy atom. The average molecular weight is 475 g/mol. The summed E-state index contributed by atoms with van der Waals surface area (Å²) in [5.41, 5.74) is -1.97. The normalized spacial score (nSPS) is 23.8. The van der Waals surface area contributed by atoms with E-state index in [0.717, 1.165) is 3.61 Å². The van der Waals surface area contributed by atoms with Crippen LogP contribution in [0.15, 0.2) is 30.3 Å². The van der Waals surface area contributed by atoms with Gasteiger partial charge in [0.05, 0.1) is 0 Å². The summed E-state index contributed by atoms with van der Waals surface area (Å²) in [6, 6.07) is 9.75. The Hall–Kier alpha value is -1.09. The first-order valence-electron chi connectivity index (χ1n) is 8.76. The van der Waals surface area contributed by atoms with Crippen molar-refractivity contribution in [2.75, 3.05) is 6.61 Å². The molecule has 0 unspecified atom stereocenters. The molecule has 0 spiro atoms. The third kappa shape index (κ3) is 4.79. The van der Waals surface area contributed by atoms with E-state index in [1.165, 1.54) is 4.90 Å². The Bertz CT molecular complexity index is 663. The zero-order valence-corrected chi connectivity index (χ0v) is 19.0. The van der Waals surface area contributed by atoms with Gasteiger partial charge < -0.3 is 0 Å². The standard InChI is InChI=1S/C20H29NO4Te/c1-18(2,3)15-21(17(23)25-19(4,5)6)20(7,13-24-15)16(22)26-14-11-9-8-10-12-14/h8-12,15H,13H2,1-7H3/t15-,20+/m0/s1. The molecule has 0 bridgehead atoms. The molecule has 1 aromatic rings. The predicted molar refractivity (Wildman–Crippen MR) is 103 cm³/mol. The number of ether oxygens (including phenoxy) is 2. The molecular weight excluding hydrogens is 446 g/mol. The SMILES string of the molecule is CC(C)(C)OC(=O)N1[C@H](C(C)(C)C)OC[C@]1(C)C(=O)[Te]c1ccccc1. The molecule has 0 N–H and O–H groups in total. The number of nitrogens with zero attached hydrogens (tertiary/aromatic N) is 1. The van der Waals surface area contributed by atoms with Gasteiger partial charge in [0.25, 0.3) is 0 Å². The molecule has 0 radical (unpaired) electrons. The molecule has 1 aliphatic rings. The van der Waals surface area contributed by atoms with Gasteiger partial charge >= 0.3 is 167 Å². The molecule has 26 heavy (non-hydrogen) atoms. The predicted octanol–water partition coefficient (Wildman–Crippen LogP) is 2.94. The molecule has 1 heterocycles. The second-order valence-electron chi connectivity index (χ2n) is 8.86. The third-order valence-electron chi connectivity index (χ3n) is 4.01. The molecule has 144 valence electrons. The van der Waals surface area contributed by atoms with Crippen LogP contribution in [0.3, 0.4) is 0 Å². The molecule has 6 heteroatoms. The Balaban J connectivity index is 2.34. The third-order valence-corrected chi connectivity index (χ3v) is 7.25. The van der Waals surface area contributed by atoms with E-state index in [0.29, 0.717) is 0 Å². The van der Waals surface area contributed by atoms with Crippen LogP contribution in [0.5, 0.6) is 0 Å². The van der Waals surface area contributed by atoms with Crippen LogP contribution in [0, 0.1) is 5.41 Å². The molecule has 1 aliphatic heterocycles. The van der Waals surface area contributed by atoms with Crippen molar-refractivity contribution < 1.29 is 19.1 Å². The number of rotatable bonds is 3. The average Bonchev–Trinajstić information content (AvgIpc) is 2.86. The zero-order valence-electron chi connectivity index (χ0n) is 16.7. The molecule has 1 amide bonds. The Labute approximate surface area is 166 Å². The fourth-order valence-electron chi connectivity index (χ4n) is 2.75. The Kier molecular flexibility index (Phi) is 6.12. The number of benzene rings is 1. The number of hydrogen-bond acceptors (Lipinski definition) is 4. The summed E-state index contributed by atoms with van der Waals surface area (Å²) < 4.78 is 12.7. The van der Waals surface area contributed by atoms with Crippen molar-refractivity contribution in [2.45, 2.75) is 65.8 Å². The van der Waals surface area contributed by atoms with Gasteiger partial charge in [0.2, 0.25) is 0 Å². The quantitative estimate of drug-likeness (QED) is 0.632. The summed E-state index contributed by atoms with van der Waals surface area (Å²) >= 11 is -1.12. The number of carbonyl (C=O) groups is 2. The van der Waals surface area contributed by atoms with E-state index in [1.54, 1.807) is 6.92 Å². The molecule has 0 saturated carbocycles. The van der Waals surface area contributed by atoms with Gasteiger partial charge in [0.15, 0.2) is 0 Å². The van der Waals surface area contributed by atoms with Crippen molar-refractivity contribution in [1.29, 1.82) is 0 Å². The number of hydrogen-bond donors (Lipinski definition) is 0. The van der Waals surface area contributed by atoms with Gasteiger partial charge in [-0.05, 0) is 0 Å². The number of amides is 1. The van der Waals surface area contributed by atoms with Crippen LogP contribution in [0.1, 0.15) is 48.5 Å². The Morgan fingerprint density at radius 3 is 2.23 bits per heavy atom.